The molecule has 1 aromatic carbocycles. The van der Waals surface area contributed by atoms with Crippen LogP contribution >= 0.6 is 0 Å². The van der Waals surface area contributed by atoms with Gasteiger partial charge in [-0.15, -0.1) is 0 Å². The monoisotopic (exact) mass is 237 g/mol. The number of anilines is 1. The van der Waals surface area contributed by atoms with E-state index in [1.807, 2.05) is 26.0 Å². The standard InChI is InChI=1S/C14H23NO2/c1-10-6-7-12(11(2)13(10)16)15-9-8-14(3,4)17-5/h6-7,15-16H,8-9H2,1-5H3. The molecular formula is C14H23NO2. The van der Waals surface area contributed by atoms with Crippen LogP contribution in [0.2, 0.25) is 0 Å². The first-order chi connectivity index (χ1) is 7.87. The Morgan fingerprint density at radius 2 is 1.94 bits per heavy atom. The fourth-order valence-electron chi connectivity index (χ4n) is 1.63. The van der Waals surface area contributed by atoms with Crippen molar-refractivity contribution in [2.24, 2.45) is 0 Å². The van der Waals surface area contributed by atoms with Crippen LogP contribution < -0.4 is 5.32 Å². The highest BCUT2D eigenvalue weighted by atomic mass is 16.5. The van der Waals surface area contributed by atoms with Crippen LogP contribution in [0.4, 0.5) is 5.69 Å². The molecular weight excluding hydrogens is 214 g/mol. The molecule has 0 aliphatic heterocycles. The molecule has 0 saturated carbocycles. The minimum atomic E-state index is -0.117. The summed E-state index contributed by atoms with van der Waals surface area (Å²) in [7, 11) is 1.73. The summed E-state index contributed by atoms with van der Waals surface area (Å²) in [6.45, 7) is 8.78. The van der Waals surface area contributed by atoms with Gasteiger partial charge in [0.2, 0.25) is 0 Å². The van der Waals surface area contributed by atoms with Crippen LogP contribution in [0.15, 0.2) is 12.1 Å². The van der Waals surface area contributed by atoms with Crippen LogP contribution in [0.1, 0.15) is 31.4 Å². The van der Waals surface area contributed by atoms with Gasteiger partial charge in [0.15, 0.2) is 0 Å². The number of aryl methyl sites for hydroxylation is 1. The zero-order valence-electron chi connectivity index (χ0n) is 11.4. The average molecular weight is 237 g/mol. The number of nitrogens with one attached hydrogen (secondary N) is 1. The van der Waals surface area contributed by atoms with Gasteiger partial charge in [-0.3, -0.25) is 0 Å². The lowest BCUT2D eigenvalue weighted by Crippen LogP contribution is -2.25. The van der Waals surface area contributed by atoms with Crippen LogP contribution in [0.3, 0.4) is 0 Å². The highest BCUT2D eigenvalue weighted by molar-refractivity contribution is 5.58. The largest absolute Gasteiger partial charge is 0.507 e. The molecule has 0 fully saturated rings. The van der Waals surface area contributed by atoms with Crippen molar-refractivity contribution in [1.29, 1.82) is 0 Å². The Morgan fingerprint density at radius 1 is 1.29 bits per heavy atom. The van der Waals surface area contributed by atoms with E-state index in [1.54, 1.807) is 7.11 Å². The molecule has 0 spiro atoms. The second kappa shape index (κ2) is 5.41. The van der Waals surface area contributed by atoms with Gasteiger partial charge in [0.1, 0.15) is 5.75 Å². The number of ether oxygens (including phenoxy) is 1. The van der Waals surface area contributed by atoms with Gasteiger partial charge in [-0.25, -0.2) is 0 Å². The Kier molecular flexibility index (Phi) is 4.40. The van der Waals surface area contributed by atoms with E-state index in [0.717, 1.165) is 29.8 Å². The Balaban J connectivity index is 2.62. The molecule has 0 bridgehead atoms. The van der Waals surface area contributed by atoms with Gasteiger partial charge in [0.05, 0.1) is 5.60 Å². The summed E-state index contributed by atoms with van der Waals surface area (Å²) in [6.07, 6.45) is 0.914. The average Bonchev–Trinajstić information content (AvgIpc) is 2.29. The van der Waals surface area contributed by atoms with Crippen molar-refractivity contribution >= 4 is 5.69 Å². The Morgan fingerprint density at radius 3 is 2.53 bits per heavy atom. The fraction of sp³-hybridized carbons (Fsp3) is 0.571. The molecule has 0 aromatic heterocycles. The molecule has 3 nitrogen and oxygen atoms in total. The molecule has 1 aromatic rings. The first-order valence-corrected chi connectivity index (χ1v) is 5.95. The molecule has 17 heavy (non-hydrogen) atoms. The van der Waals surface area contributed by atoms with Crippen molar-refractivity contribution in [2.75, 3.05) is 19.0 Å². The third-order valence-corrected chi connectivity index (χ3v) is 3.23. The Labute approximate surface area is 104 Å². The van der Waals surface area contributed by atoms with E-state index < -0.39 is 0 Å². The quantitative estimate of drug-likeness (QED) is 0.826. The number of rotatable bonds is 5. The van der Waals surface area contributed by atoms with E-state index in [0.29, 0.717) is 5.75 Å². The number of phenols is 1. The zero-order chi connectivity index (χ0) is 13.1. The van der Waals surface area contributed by atoms with Gasteiger partial charge in [0, 0.05) is 24.9 Å². The van der Waals surface area contributed by atoms with E-state index in [-0.39, 0.29) is 5.60 Å². The number of benzene rings is 1. The Hall–Kier alpha value is -1.22. The summed E-state index contributed by atoms with van der Waals surface area (Å²) in [5, 5.41) is 13.2. The van der Waals surface area contributed by atoms with Crippen LogP contribution in [0.25, 0.3) is 0 Å². The Bertz CT molecular complexity index is 386. The van der Waals surface area contributed by atoms with Gasteiger partial charge in [-0.2, -0.15) is 0 Å². The normalized spacial score (nSPS) is 11.6. The van der Waals surface area contributed by atoms with Crippen LogP contribution in [0, 0.1) is 13.8 Å². The van der Waals surface area contributed by atoms with Crippen molar-refractivity contribution in [3.05, 3.63) is 23.3 Å². The molecule has 0 radical (unpaired) electrons. The highest BCUT2D eigenvalue weighted by Gasteiger charge is 2.15. The minimum Gasteiger partial charge on any atom is -0.507 e. The summed E-state index contributed by atoms with van der Waals surface area (Å²) in [6, 6.07) is 3.93. The van der Waals surface area contributed by atoms with Crippen molar-refractivity contribution < 1.29 is 9.84 Å². The molecule has 0 saturated heterocycles. The van der Waals surface area contributed by atoms with Crippen LogP contribution in [0.5, 0.6) is 5.75 Å². The molecule has 0 unspecified atom stereocenters. The molecule has 0 aliphatic carbocycles. The molecule has 0 amide bonds. The van der Waals surface area contributed by atoms with Gasteiger partial charge >= 0.3 is 0 Å². The van der Waals surface area contributed by atoms with Crippen LogP contribution in [-0.2, 0) is 4.74 Å². The number of phenolic OH excluding ortho intramolecular Hbond substituents is 1. The van der Waals surface area contributed by atoms with Gasteiger partial charge in [-0.05, 0) is 45.7 Å². The highest BCUT2D eigenvalue weighted by Crippen LogP contribution is 2.28. The van der Waals surface area contributed by atoms with E-state index >= 15 is 0 Å². The fourth-order valence-corrected chi connectivity index (χ4v) is 1.63. The van der Waals surface area contributed by atoms with Crippen molar-refractivity contribution in [2.45, 2.75) is 39.7 Å². The second-order valence-corrected chi connectivity index (χ2v) is 5.04. The lowest BCUT2D eigenvalue weighted by Gasteiger charge is -2.23. The maximum Gasteiger partial charge on any atom is 0.123 e. The summed E-state index contributed by atoms with van der Waals surface area (Å²) >= 11 is 0. The number of methoxy groups -OCH3 is 1. The third-order valence-electron chi connectivity index (χ3n) is 3.23. The van der Waals surface area contributed by atoms with Crippen LogP contribution in [-0.4, -0.2) is 24.4 Å². The van der Waals surface area contributed by atoms with E-state index in [4.69, 9.17) is 4.74 Å². The van der Waals surface area contributed by atoms with E-state index in [9.17, 15) is 5.11 Å². The minimum absolute atomic E-state index is 0.117. The number of aromatic hydroxyl groups is 1. The van der Waals surface area contributed by atoms with Gasteiger partial charge in [-0.1, -0.05) is 6.07 Å². The summed E-state index contributed by atoms with van der Waals surface area (Å²) < 4.78 is 5.36. The molecule has 1 rings (SSSR count). The second-order valence-electron chi connectivity index (χ2n) is 5.04. The first-order valence-electron chi connectivity index (χ1n) is 5.95. The van der Waals surface area contributed by atoms with Gasteiger partial charge < -0.3 is 15.2 Å². The van der Waals surface area contributed by atoms with Gasteiger partial charge in [0.25, 0.3) is 0 Å². The molecule has 3 heteroatoms. The number of hydrogen-bond acceptors (Lipinski definition) is 3. The van der Waals surface area contributed by atoms with E-state index in [2.05, 4.69) is 19.2 Å². The lowest BCUT2D eigenvalue weighted by molar-refractivity contribution is 0.0185. The van der Waals surface area contributed by atoms with Crippen molar-refractivity contribution in [3.63, 3.8) is 0 Å². The molecule has 0 aliphatic rings. The smallest absolute Gasteiger partial charge is 0.123 e. The third kappa shape index (κ3) is 3.63. The topological polar surface area (TPSA) is 41.5 Å². The SMILES string of the molecule is COC(C)(C)CCNc1ccc(C)c(O)c1C. The predicted octanol–water partition coefficient (Wildman–Crippen LogP) is 3.24. The van der Waals surface area contributed by atoms with Crippen molar-refractivity contribution in [1.82, 2.24) is 0 Å². The van der Waals surface area contributed by atoms with Crippen molar-refractivity contribution in [3.8, 4) is 5.75 Å². The molecule has 0 atom stereocenters. The van der Waals surface area contributed by atoms with E-state index in [1.165, 1.54) is 0 Å². The molecule has 96 valence electrons. The molecule has 2 N–H and O–H groups in total. The predicted molar refractivity (Wildman–Crippen MR) is 71.8 cm³/mol. The molecule has 0 heterocycles. The number of hydrogen-bond donors (Lipinski definition) is 2. The summed E-state index contributed by atoms with van der Waals surface area (Å²) in [5.41, 5.74) is 2.68. The maximum absolute atomic E-state index is 9.83. The maximum atomic E-state index is 9.83. The summed E-state index contributed by atoms with van der Waals surface area (Å²) in [4.78, 5) is 0. The summed E-state index contributed by atoms with van der Waals surface area (Å²) in [5.74, 6) is 0.376. The lowest BCUT2D eigenvalue weighted by atomic mass is 10.0. The first kappa shape index (κ1) is 13.8. The zero-order valence-corrected chi connectivity index (χ0v) is 11.4.